The molecule has 0 saturated carbocycles. The van der Waals surface area contributed by atoms with Crippen molar-refractivity contribution < 1.29 is 9.59 Å². The molecule has 0 unspecified atom stereocenters. The molecule has 0 aromatic carbocycles. The molecule has 1 aliphatic heterocycles. The molecule has 1 heterocycles. The van der Waals surface area contributed by atoms with Crippen LogP contribution in [0.1, 0.15) is 19.3 Å². The highest BCUT2D eigenvalue weighted by Crippen LogP contribution is 2.14. The van der Waals surface area contributed by atoms with E-state index < -0.39 is 5.91 Å². The SMILES string of the molecule is CN1CCC(N(C)C(=O)CC(N)=O)CC1. The summed E-state index contributed by atoms with van der Waals surface area (Å²) in [5.74, 6) is -0.725. The van der Waals surface area contributed by atoms with Crippen molar-refractivity contribution in [1.82, 2.24) is 9.80 Å². The minimum atomic E-state index is -0.556. The van der Waals surface area contributed by atoms with Crippen LogP contribution in [0.5, 0.6) is 0 Å². The fraction of sp³-hybridized carbons (Fsp3) is 0.800. The van der Waals surface area contributed by atoms with Crippen molar-refractivity contribution in [3.05, 3.63) is 0 Å². The average Bonchev–Trinajstić information content (AvgIpc) is 2.17. The quantitative estimate of drug-likeness (QED) is 0.637. The number of carbonyl (C=O) groups is 2. The Kier molecular flexibility index (Phi) is 4.08. The van der Waals surface area contributed by atoms with Crippen molar-refractivity contribution in [3.63, 3.8) is 0 Å². The van der Waals surface area contributed by atoms with Gasteiger partial charge in [-0.3, -0.25) is 9.59 Å². The summed E-state index contributed by atoms with van der Waals surface area (Å²) < 4.78 is 0. The van der Waals surface area contributed by atoms with Crippen LogP contribution in [-0.4, -0.2) is 54.8 Å². The summed E-state index contributed by atoms with van der Waals surface area (Å²) in [7, 11) is 3.82. The van der Waals surface area contributed by atoms with Gasteiger partial charge in [0, 0.05) is 13.1 Å². The molecule has 86 valence electrons. The highest BCUT2D eigenvalue weighted by Gasteiger charge is 2.24. The Balaban J connectivity index is 2.42. The summed E-state index contributed by atoms with van der Waals surface area (Å²) in [4.78, 5) is 26.1. The van der Waals surface area contributed by atoms with Gasteiger partial charge in [0.15, 0.2) is 0 Å². The summed E-state index contributed by atoms with van der Waals surface area (Å²) in [6.07, 6.45) is 1.76. The van der Waals surface area contributed by atoms with Gasteiger partial charge in [-0.05, 0) is 33.0 Å². The summed E-state index contributed by atoms with van der Waals surface area (Å²) in [6.45, 7) is 2.00. The van der Waals surface area contributed by atoms with Gasteiger partial charge < -0.3 is 15.5 Å². The third kappa shape index (κ3) is 3.51. The molecule has 15 heavy (non-hydrogen) atoms. The molecule has 1 rings (SSSR count). The fourth-order valence-electron chi connectivity index (χ4n) is 1.86. The lowest BCUT2D eigenvalue weighted by atomic mass is 10.0. The second-order valence-corrected chi connectivity index (χ2v) is 4.18. The van der Waals surface area contributed by atoms with Crippen LogP contribution in [0.4, 0.5) is 0 Å². The lowest BCUT2D eigenvalue weighted by Crippen LogP contribution is -2.45. The minimum absolute atomic E-state index is 0.169. The molecule has 0 aromatic rings. The molecule has 1 saturated heterocycles. The molecule has 1 aliphatic rings. The smallest absolute Gasteiger partial charge is 0.231 e. The number of hydrogen-bond donors (Lipinski definition) is 1. The average molecular weight is 213 g/mol. The van der Waals surface area contributed by atoms with E-state index in [0.717, 1.165) is 25.9 Å². The van der Waals surface area contributed by atoms with Gasteiger partial charge in [-0.15, -0.1) is 0 Å². The van der Waals surface area contributed by atoms with Crippen LogP contribution >= 0.6 is 0 Å². The molecule has 1 fully saturated rings. The first-order valence-electron chi connectivity index (χ1n) is 5.23. The maximum Gasteiger partial charge on any atom is 0.231 e. The predicted octanol–water partition coefficient (Wildman–Crippen LogP) is -0.586. The van der Waals surface area contributed by atoms with E-state index in [9.17, 15) is 9.59 Å². The van der Waals surface area contributed by atoms with Crippen molar-refractivity contribution >= 4 is 11.8 Å². The zero-order chi connectivity index (χ0) is 11.4. The summed E-state index contributed by atoms with van der Waals surface area (Å²) in [5, 5.41) is 0. The van der Waals surface area contributed by atoms with E-state index in [2.05, 4.69) is 11.9 Å². The number of piperidine rings is 1. The topological polar surface area (TPSA) is 66.6 Å². The highest BCUT2D eigenvalue weighted by atomic mass is 16.2. The third-order valence-corrected chi connectivity index (χ3v) is 2.95. The lowest BCUT2D eigenvalue weighted by Gasteiger charge is -2.35. The van der Waals surface area contributed by atoms with Crippen molar-refractivity contribution in [3.8, 4) is 0 Å². The maximum atomic E-state index is 11.5. The van der Waals surface area contributed by atoms with Crippen LogP contribution < -0.4 is 5.73 Å². The second kappa shape index (κ2) is 5.11. The lowest BCUT2D eigenvalue weighted by molar-refractivity contribution is -0.136. The van der Waals surface area contributed by atoms with Crippen molar-refractivity contribution in [1.29, 1.82) is 0 Å². The van der Waals surface area contributed by atoms with E-state index in [0.29, 0.717) is 0 Å². The van der Waals surface area contributed by atoms with Gasteiger partial charge in [0.25, 0.3) is 0 Å². The number of primary amides is 1. The fourth-order valence-corrected chi connectivity index (χ4v) is 1.86. The number of amides is 2. The molecule has 0 atom stereocenters. The molecule has 0 bridgehead atoms. The van der Waals surface area contributed by atoms with Gasteiger partial charge in [0.1, 0.15) is 6.42 Å². The van der Waals surface area contributed by atoms with Gasteiger partial charge in [-0.2, -0.15) is 0 Å². The van der Waals surface area contributed by atoms with Crippen molar-refractivity contribution in [2.75, 3.05) is 27.2 Å². The van der Waals surface area contributed by atoms with Gasteiger partial charge in [0.2, 0.25) is 11.8 Å². The summed E-state index contributed by atoms with van der Waals surface area (Å²) in [6, 6.07) is 0.257. The van der Waals surface area contributed by atoms with E-state index in [1.807, 2.05) is 0 Å². The van der Waals surface area contributed by atoms with Gasteiger partial charge in [0.05, 0.1) is 0 Å². The Bertz CT molecular complexity index is 247. The molecule has 0 radical (unpaired) electrons. The monoisotopic (exact) mass is 213 g/mol. The van der Waals surface area contributed by atoms with Crippen LogP contribution in [0, 0.1) is 0 Å². The minimum Gasteiger partial charge on any atom is -0.369 e. The Labute approximate surface area is 90.2 Å². The number of likely N-dealkylation sites (tertiary alicyclic amines) is 1. The maximum absolute atomic E-state index is 11.5. The van der Waals surface area contributed by atoms with Gasteiger partial charge in [-0.1, -0.05) is 0 Å². The van der Waals surface area contributed by atoms with E-state index in [1.54, 1.807) is 11.9 Å². The Morgan fingerprint density at radius 2 is 1.93 bits per heavy atom. The van der Waals surface area contributed by atoms with Crippen LogP contribution in [0.25, 0.3) is 0 Å². The Hall–Kier alpha value is -1.10. The van der Waals surface area contributed by atoms with E-state index in [1.165, 1.54) is 0 Å². The Morgan fingerprint density at radius 1 is 1.40 bits per heavy atom. The molecule has 2 N–H and O–H groups in total. The van der Waals surface area contributed by atoms with Crippen LogP contribution in [-0.2, 0) is 9.59 Å². The first kappa shape index (κ1) is 12.0. The first-order valence-corrected chi connectivity index (χ1v) is 5.23. The summed E-state index contributed by atoms with van der Waals surface area (Å²) in [5.41, 5.74) is 4.99. The molecular weight excluding hydrogens is 194 g/mol. The number of nitrogens with two attached hydrogens (primary N) is 1. The molecule has 2 amide bonds. The summed E-state index contributed by atoms with van der Waals surface area (Å²) >= 11 is 0. The van der Waals surface area contributed by atoms with Crippen LogP contribution in [0.3, 0.4) is 0 Å². The normalized spacial score (nSPS) is 18.8. The Morgan fingerprint density at radius 3 is 2.40 bits per heavy atom. The molecule has 5 nitrogen and oxygen atoms in total. The van der Waals surface area contributed by atoms with E-state index >= 15 is 0 Å². The molecule has 0 aliphatic carbocycles. The zero-order valence-electron chi connectivity index (χ0n) is 9.40. The van der Waals surface area contributed by atoms with E-state index in [-0.39, 0.29) is 18.4 Å². The zero-order valence-corrected chi connectivity index (χ0v) is 9.40. The van der Waals surface area contributed by atoms with Crippen LogP contribution in [0.15, 0.2) is 0 Å². The standard InChI is InChI=1S/C10H19N3O2/c1-12-5-3-8(4-6-12)13(2)10(15)7-9(11)14/h8H,3-7H2,1-2H3,(H2,11,14). The molecule has 0 aromatic heterocycles. The van der Waals surface area contributed by atoms with Gasteiger partial charge in [-0.25, -0.2) is 0 Å². The van der Waals surface area contributed by atoms with Crippen LogP contribution in [0.2, 0.25) is 0 Å². The second-order valence-electron chi connectivity index (χ2n) is 4.18. The van der Waals surface area contributed by atoms with Gasteiger partial charge >= 0.3 is 0 Å². The molecule has 5 heteroatoms. The van der Waals surface area contributed by atoms with Crippen molar-refractivity contribution in [2.24, 2.45) is 5.73 Å². The largest absolute Gasteiger partial charge is 0.369 e. The first-order chi connectivity index (χ1) is 7.00. The highest BCUT2D eigenvalue weighted by molar-refractivity contribution is 5.96. The van der Waals surface area contributed by atoms with Crippen molar-refractivity contribution in [2.45, 2.75) is 25.3 Å². The molecule has 0 spiro atoms. The number of nitrogens with zero attached hydrogens (tertiary/aromatic N) is 2. The number of carbonyl (C=O) groups excluding carboxylic acids is 2. The predicted molar refractivity (Wildman–Crippen MR) is 57.1 cm³/mol. The number of hydrogen-bond acceptors (Lipinski definition) is 3. The number of rotatable bonds is 3. The molecular formula is C10H19N3O2. The van der Waals surface area contributed by atoms with E-state index in [4.69, 9.17) is 5.73 Å². The third-order valence-electron chi connectivity index (χ3n) is 2.95.